The normalized spacial score (nSPS) is 18.7. The summed E-state index contributed by atoms with van der Waals surface area (Å²) in [5.74, 6) is -0.169. The molecular weight excluding hydrogens is 214 g/mol. The van der Waals surface area contributed by atoms with Gasteiger partial charge in [-0.2, -0.15) is 0 Å². The van der Waals surface area contributed by atoms with Crippen molar-refractivity contribution >= 4 is 11.7 Å². The minimum atomic E-state index is -0.239. The maximum atomic E-state index is 12.2. The van der Waals surface area contributed by atoms with Crippen molar-refractivity contribution in [1.29, 1.82) is 0 Å². The van der Waals surface area contributed by atoms with Crippen molar-refractivity contribution in [2.45, 2.75) is 12.8 Å². The number of nitrogens with zero attached hydrogens (tertiary/aromatic N) is 1. The van der Waals surface area contributed by atoms with Gasteiger partial charge in [-0.25, -0.2) is 0 Å². The first-order valence-corrected chi connectivity index (χ1v) is 5.78. The summed E-state index contributed by atoms with van der Waals surface area (Å²) in [4.78, 5) is 24.8. The number of aryl methyl sites for hydroxylation is 1. The van der Waals surface area contributed by atoms with E-state index >= 15 is 0 Å². The van der Waals surface area contributed by atoms with Crippen LogP contribution >= 0.6 is 0 Å². The predicted molar refractivity (Wildman–Crippen MR) is 65.6 cm³/mol. The molecule has 0 N–H and O–H groups in total. The highest BCUT2D eigenvalue weighted by Crippen LogP contribution is 2.25. The van der Waals surface area contributed by atoms with Gasteiger partial charge in [-0.1, -0.05) is 24.3 Å². The van der Waals surface area contributed by atoms with Crippen LogP contribution in [0.3, 0.4) is 0 Å². The Morgan fingerprint density at radius 1 is 1.47 bits per heavy atom. The van der Waals surface area contributed by atoms with E-state index in [-0.39, 0.29) is 17.6 Å². The van der Waals surface area contributed by atoms with Gasteiger partial charge in [-0.3, -0.25) is 9.59 Å². The van der Waals surface area contributed by atoms with Gasteiger partial charge in [-0.15, -0.1) is 0 Å². The minimum absolute atomic E-state index is 0.0828. The highest BCUT2D eigenvalue weighted by atomic mass is 16.2. The van der Waals surface area contributed by atoms with Crippen LogP contribution in [0.15, 0.2) is 24.3 Å². The molecule has 0 aliphatic heterocycles. The van der Waals surface area contributed by atoms with Crippen LogP contribution < -0.4 is 0 Å². The van der Waals surface area contributed by atoms with E-state index in [1.165, 1.54) is 4.90 Å². The summed E-state index contributed by atoms with van der Waals surface area (Å²) in [6.45, 7) is 3.82. The summed E-state index contributed by atoms with van der Waals surface area (Å²) >= 11 is 0. The SMILES string of the molecule is [CH2]C(=O)N(C)CC1CCc2ccccc2C1=O. The number of carbonyl (C=O) groups excluding carboxylic acids is 2. The topological polar surface area (TPSA) is 37.4 Å². The average molecular weight is 230 g/mol. The highest BCUT2D eigenvalue weighted by Gasteiger charge is 2.28. The Morgan fingerprint density at radius 3 is 2.88 bits per heavy atom. The van der Waals surface area contributed by atoms with Crippen molar-refractivity contribution in [1.82, 2.24) is 4.90 Å². The molecule has 0 aromatic heterocycles. The second-order valence-corrected chi connectivity index (χ2v) is 4.53. The molecule has 1 aliphatic carbocycles. The molecule has 17 heavy (non-hydrogen) atoms. The Bertz CT molecular complexity index is 453. The minimum Gasteiger partial charge on any atom is -0.345 e. The molecule has 0 bridgehead atoms. The lowest BCUT2D eigenvalue weighted by molar-refractivity contribution is -0.125. The smallest absolute Gasteiger partial charge is 0.222 e. The molecule has 1 atom stereocenters. The lowest BCUT2D eigenvalue weighted by atomic mass is 9.82. The zero-order valence-corrected chi connectivity index (χ0v) is 9.98. The molecule has 1 radical (unpaired) electrons. The highest BCUT2D eigenvalue weighted by molar-refractivity contribution is 6.00. The lowest BCUT2D eigenvalue weighted by Crippen LogP contribution is -2.35. The Labute approximate surface area is 101 Å². The quantitative estimate of drug-likeness (QED) is 0.775. The van der Waals surface area contributed by atoms with Gasteiger partial charge in [0.15, 0.2) is 5.78 Å². The van der Waals surface area contributed by atoms with E-state index in [2.05, 4.69) is 6.92 Å². The predicted octanol–water partition coefficient (Wildman–Crippen LogP) is 1.72. The number of rotatable bonds is 2. The molecule has 3 heteroatoms. The molecule has 1 unspecified atom stereocenters. The van der Waals surface area contributed by atoms with E-state index in [0.717, 1.165) is 24.0 Å². The third-order valence-corrected chi connectivity index (χ3v) is 3.34. The van der Waals surface area contributed by atoms with Crippen LogP contribution in [0.25, 0.3) is 0 Å². The molecule has 1 aromatic rings. The van der Waals surface area contributed by atoms with E-state index in [1.54, 1.807) is 7.05 Å². The van der Waals surface area contributed by atoms with Crippen molar-refractivity contribution in [3.63, 3.8) is 0 Å². The van der Waals surface area contributed by atoms with Gasteiger partial charge in [0, 0.05) is 32.0 Å². The molecule has 0 fully saturated rings. The van der Waals surface area contributed by atoms with Crippen molar-refractivity contribution in [3.05, 3.63) is 42.3 Å². The fourth-order valence-corrected chi connectivity index (χ4v) is 2.27. The maximum Gasteiger partial charge on any atom is 0.222 e. The molecule has 0 heterocycles. The number of benzene rings is 1. The van der Waals surface area contributed by atoms with Crippen LogP contribution in [0.1, 0.15) is 22.3 Å². The Kier molecular flexibility index (Phi) is 3.27. The Hall–Kier alpha value is -1.64. The second kappa shape index (κ2) is 4.70. The molecular formula is C14H16NO2. The summed E-state index contributed by atoms with van der Waals surface area (Å²) in [7, 11) is 1.68. The molecule has 89 valence electrons. The molecule has 1 aliphatic rings. The lowest BCUT2D eigenvalue weighted by Gasteiger charge is -2.26. The summed E-state index contributed by atoms with van der Waals surface area (Å²) < 4.78 is 0. The molecule has 0 spiro atoms. The molecule has 1 amide bonds. The van der Waals surface area contributed by atoms with Gasteiger partial charge < -0.3 is 4.90 Å². The van der Waals surface area contributed by atoms with E-state index in [9.17, 15) is 9.59 Å². The molecule has 2 rings (SSSR count). The summed E-state index contributed by atoms with van der Waals surface area (Å²) in [6, 6.07) is 7.71. The largest absolute Gasteiger partial charge is 0.345 e. The molecule has 0 saturated heterocycles. The molecule has 0 saturated carbocycles. The van der Waals surface area contributed by atoms with Crippen molar-refractivity contribution in [2.24, 2.45) is 5.92 Å². The second-order valence-electron chi connectivity index (χ2n) is 4.53. The van der Waals surface area contributed by atoms with E-state index < -0.39 is 0 Å². The van der Waals surface area contributed by atoms with Gasteiger partial charge in [0.1, 0.15) is 0 Å². The average Bonchev–Trinajstić information content (AvgIpc) is 2.33. The Balaban J connectivity index is 2.15. The summed E-state index contributed by atoms with van der Waals surface area (Å²) in [6.07, 6.45) is 1.72. The molecule has 3 nitrogen and oxygen atoms in total. The van der Waals surface area contributed by atoms with Gasteiger partial charge in [0.2, 0.25) is 5.91 Å². The van der Waals surface area contributed by atoms with Crippen molar-refractivity contribution < 1.29 is 9.59 Å². The fourth-order valence-electron chi connectivity index (χ4n) is 2.27. The number of Topliss-reactive ketones (excluding diaryl/α,β-unsaturated/α-hetero) is 1. The van der Waals surface area contributed by atoms with E-state index in [0.29, 0.717) is 6.54 Å². The zero-order valence-electron chi connectivity index (χ0n) is 9.98. The van der Waals surface area contributed by atoms with Crippen LogP contribution in [-0.4, -0.2) is 30.2 Å². The van der Waals surface area contributed by atoms with Crippen molar-refractivity contribution in [3.8, 4) is 0 Å². The van der Waals surface area contributed by atoms with Gasteiger partial charge in [0.05, 0.1) is 0 Å². The van der Waals surface area contributed by atoms with Crippen LogP contribution in [0.2, 0.25) is 0 Å². The number of hydrogen-bond donors (Lipinski definition) is 0. The first-order valence-electron chi connectivity index (χ1n) is 5.78. The van der Waals surface area contributed by atoms with Gasteiger partial charge >= 0.3 is 0 Å². The van der Waals surface area contributed by atoms with Gasteiger partial charge in [0.25, 0.3) is 0 Å². The standard InChI is InChI=1S/C14H16NO2/c1-10(16)15(2)9-12-8-7-11-5-3-4-6-13(11)14(12)17/h3-6,12H,1,7-9H2,2H3. The summed E-state index contributed by atoms with van der Waals surface area (Å²) in [5.41, 5.74) is 1.94. The van der Waals surface area contributed by atoms with Crippen LogP contribution in [0.5, 0.6) is 0 Å². The number of carbonyl (C=O) groups is 2. The van der Waals surface area contributed by atoms with Crippen LogP contribution in [0.4, 0.5) is 0 Å². The van der Waals surface area contributed by atoms with Crippen LogP contribution in [0, 0.1) is 12.8 Å². The van der Waals surface area contributed by atoms with E-state index in [1.807, 2.05) is 24.3 Å². The van der Waals surface area contributed by atoms with Crippen molar-refractivity contribution in [2.75, 3.05) is 13.6 Å². The number of fused-ring (bicyclic) bond motifs is 1. The number of hydrogen-bond acceptors (Lipinski definition) is 2. The van der Waals surface area contributed by atoms with Crippen LogP contribution in [-0.2, 0) is 11.2 Å². The monoisotopic (exact) mass is 230 g/mol. The Morgan fingerprint density at radius 2 is 2.18 bits per heavy atom. The number of ketones is 1. The van der Waals surface area contributed by atoms with Gasteiger partial charge in [-0.05, 0) is 18.4 Å². The van der Waals surface area contributed by atoms with E-state index in [4.69, 9.17) is 0 Å². The third kappa shape index (κ3) is 2.38. The molecule has 1 aromatic carbocycles. The number of amides is 1. The summed E-state index contributed by atoms with van der Waals surface area (Å²) in [5, 5.41) is 0. The third-order valence-electron chi connectivity index (χ3n) is 3.34. The maximum absolute atomic E-state index is 12.2. The zero-order chi connectivity index (χ0) is 12.4. The first kappa shape index (κ1) is 11.8. The fraction of sp³-hybridized carbons (Fsp3) is 0.357. The first-order chi connectivity index (χ1) is 8.09.